The summed E-state index contributed by atoms with van der Waals surface area (Å²) in [5.41, 5.74) is 0. The molecule has 0 aliphatic carbocycles. The number of hydrogen-bond donors (Lipinski definition) is 1. The van der Waals surface area contributed by atoms with Gasteiger partial charge in [0.2, 0.25) is 5.91 Å². The van der Waals surface area contributed by atoms with Crippen LogP contribution in [0.2, 0.25) is 0 Å². The predicted molar refractivity (Wildman–Crippen MR) is 70.2 cm³/mol. The summed E-state index contributed by atoms with van der Waals surface area (Å²) < 4.78 is 0. The van der Waals surface area contributed by atoms with Crippen LogP contribution in [0.15, 0.2) is 24.3 Å². The van der Waals surface area contributed by atoms with Crippen LogP contribution < -0.4 is 0 Å². The van der Waals surface area contributed by atoms with Gasteiger partial charge in [-0.1, -0.05) is 18.2 Å². The number of carbonyl (C=O) groups excluding carboxylic acids is 1. The van der Waals surface area contributed by atoms with Crippen molar-refractivity contribution in [3.63, 3.8) is 0 Å². The van der Waals surface area contributed by atoms with E-state index in [1.54, 1.807) is 12.2 Å². The van der Waals surface area contributed by atoms with Crippen LogP contribution in [-0.4, -0.2) is 34.5 Å². The molecule has 0 saturated carbocycles. The standard InChI is InChI=1S/C14H21NO3/c1-2-3-4-8-13(16)15-11-6-5-7-12(15)9-10-14(17)18/h2-4,8,12H,5-7,9-11H2,1H3,(H,17,18). The third kappa shape index (κ3) is 4.73. The summed E-state index contributed by atoms with van der Waals surface area (Å²) in [7, 11) is 0. The summed E-state index contributed by atoms with van der Waals surface area (Å²) in [6.45, 7) is 2.63. The Morgan fingerprint density at radius 2 is 2.11 bits per heavy atom. The topological polar surface area (TPSA) is 57.6 Å². The van der Waals surface area contributed by atoms with E-state index in [4.69, 9.17) is 5.11 Å². The first kappa shape index (κ1) is 14.5. The van der Waals surface area contributed by atoms with E-state index >= 15 is 0 Å². The molecule has 0 aromatic carbocycles. The van der Waals surface area contributed by atoms with Crippen LogP contribution in [0.5, 0.6) is 0 Å². The van der Waals surface area contributed by atoms with Crippen molar-refractivity contribution >= 4 is 11.9 Å². The molecular weight excluding hydrogens is 230 g/mol. The summed E-state index contributed by atoms with van der Waals surface area (Å²) in [6, 6.07) is 0.0811. The second kappa shape index (κ2) is 7.69. The Bertz CT molecular complexity index is 347. The van der Waals surface area contributed by atoms with E-state index in [0.29, 0.717) is 6.42 Å². The van der Waals surface area contributed by atoms with Crippen molar-refractivity contribution in [1.82, 2.24) is 4.90 Å². The lowest BCUT2D eigenvalue weighted by Crippen LogP contribution is -2.43. The highest BCUT2D eigenvalue weighted by molar-refractivity contribution is 5.88. The Balaban J connectivity index is 2.57. The lowest BCUT2D eigenvalue weighted by Gasteiger charge is -2.35. The highest BCUT2D eigenvalue weighted by atomic mass is 16.4. The van der Waals surface area contributed by atoms with Gasteiger partial charge in [0.1, 0.15) is 0 Å². The van der Waals surface area contributed by atoms with Crippen molar-refractivity contribution in [3.05, 3.63) is 24.3 Å². The molecule has 18 heavy (non-hydrogen) atoms. The first-order chi connectivity index (χ1) is 8.65. The summed E-state index contributed by atoms with van der Waals surface area (Å²) in [4.78, 5) is 24.4. The second-order valence-corrected chi connectivity index (χ2v) is 4.50. The van der Waals surface area contributed by atoms with Gasteiger partial charge in [0.05, 0.1) is 0 Å². The third-order valence-electron chi connectivity index (χ3n) is 3.14. The van der Waals surface area contributed by atoms with Crippen LogP contribution in [0.4, 0.5) is 0 Å². The molecule has 100 valence electrons. The van der Waals surface area contributed by atoms with Crippen molar-refractivity contribution in [3.8, 4) is 0 Å². The minimum atomic E-state index is -0.794. The molecule has 1 fully saturated rings. The Morgan fingerprint density at radius 1 is 1.33 bits per heavy atom. The fourth-order valence-corrected chi connectivity index (χ4v) is 2.23. The van der Waals surface area contributed by atoms with Gasteiger partial charge in [0, 0.05) is 25.1 Å². The molecule has 1 heterocycles. The normalized spacial score (nSPS) is 20.7. The van der Waals surface area contributed by atoms with Gasteiger partial charge in [-0.2, -0.15) is 0 Å². The molecule has 0 aromatic heterocycles. The number of piperidine rings is 1. The van der Waals surface area contributed by atoms with Gasteiger partial charge in [-0.15, -0.1) is 0 Å². The lowest BCUT2D eigenvalue weighted by atomic mass is 9.98. The number of carboxylic acids is 1. The van der Waals surface area contributed by atoms with Crippen LogP contribution in [0.1, 0.15) is 39.0 Å². The number of amides is 1. The Morgan fingerprint density at radius 3 is 2.78 bits per heavy atom. The highest BCUT2D eigenvalue weighted by Gasteiger charge is 2.25. The van der Waals surface area contributed by atoms with Gasteiger partial charge in [0.25, 0.3) is 0 Å². The maximum absolute atomic E-state index is 12.0. The van der Waals surface area contributed by atoms with Gasteiger partial charge in [0.15, 0.2) is 0 Å². The zero-order valence-corrected chi connectivity index (χ0v) is 10.8. The largest absolute Gasteiger partial charge is 0.481 e. The minimum Gasteiger partial charge on any atom is -0.481 e. The zero-order valence-electron chi connectivity index (χ0n) is 10.8. The Labute approximate surface area is 108 Å². The van der Waals surface area contributed by atoms with E-state index in [1.165, 1.54) is 0 Å². The van der Waals surface area contributed by atoms with E-state index in [1.807, 2.05) is 24.0 Å². The van der Waals surface area contributed by atoms with Gasteiger partial charge in [-0.05, 0) is 32.6 Å². The molecule has 4 heteroatoms. The number of aliphatic carboxylic acids is 1. The van der Waals surface area contributed by atoms with E-state index in [9.17, 15) is 9.59 Å². The molecule has 0 radical (unpaired) electrons. The van der Waals surface area contributed by atoms with Crippen molar-refractivity contribution in [2.75, 3.05) is 6.54 Å². The second-order valence-electron chi connectivity index (χ2n) is 4.50. The number of allylic oxidation sites excluding steroid dienone is 3. The number of likely N-dealkylation sites (tertiary alicyclic amines) is 1. The average Bonchev–Trinajstić information content (AvgIpc) is 2.37. The molecule has 1 saturated heterocycles. The number of rotatable bonds is 5. The molecule has 0 aromatic rings. The molecule has 1 N–H and O–H groups in total. The van der Waals surface area contributed by atoms with Gasteiger partial charge in [-0.3, -0.25) is 9.59 Å². The smallest absolute Gasteiger partial charge is 0.303 e. The molecule has 1 rings (SSSR count). The van der Waals surface area contributed by atoms with Crippen molar-refractivity contribution in [2.45, 2.75) is 45.1 Å². The van der Waals surface area contributed by atoms with E-state index in [0.717, 1.165) is 25.8 Å². The maximum atomic E-state index is 12.0. The summed E-state index contributed by atoms with van der Waals surface area (Å²) in [6.07, 6.45) is 10.6. The quantitative estimate of drug-likeness (QED) is 0.603. The minimum absolute atomic E-state index is 0.0109. The molecular formula is C14H21NO3. The molecule has 0 spiro atoms. The molecule has 1 aliphatic heterocycles. The number of hydrogen-bond acceptors (Lipinski definition) is 2. The van der Waals surface area contributed by atoms with Crippen molar-refractivity contribution in [1.29, 1.82) is 0 Å². The molecule has 1 unspecified atom stereocenters. The average molecular weight is 251 g/mol. The predicted octanol–water partition coefficient (Wildman–Crippen LogP) is 2.36. The van der Waals surface area contributed by atoms with Crippen LogP contribution in [0.25, 0.3) is 0 Å². The van der Waals surface area contributed by atoms with Crippen LogP contribution in [0, 0.1) is 0 Å². The molecule has 1 amide bonds. The third-order valence-corrected chi connectivity index (χ3v) is 3.14. The monoisotopic (exact) mass is 251 g/mol. The SMILES string of the molecule is CC=CC=CC(=O)N1CCCCC1CCC(=O)O. The van der Waals surface area contributed by atoms with Crippen molar-refractivity contribution in [2.24, 2.45) is 0 Å². The summed E-state index contributed by atoms with van der Waals surface area (Å²) in [5.74, 6) is -0.805. The number of carbonyl (C=O) groups is 2. The number of nitrogens with zero attached hydrogens (tertiary/aromatic N) is 1. The summed E-state index contributed by atoms with van der Waals surface area (Å²) in [5, 5.41) is 8.72. The molecule has 4 nitrogen and oxygen atoms in total. The van der Waals surface area contributed by atoms with E-state index < -0.39 is 5.97 Å². The van der Waals surface area contributed by atoms with Crippen LogP contribution in [-0.2, 0) is 9.59 Å². The molecule has 1 atom stereocenters. The Hall–Kier alpha value is -1.58. The number of carboxylic acid groups (broad SMARTS) is 1. The lowest BCUT2D eigenvalue weighted by molar-refractivity contribution is -0.138. The van der Waals surface area contributed by atoms with Gasteiger partial charge < -0.3 is 10.0 Å². The van der Waals surface area contributed by atoms with E-state index in [-0.39, 0.29) is 18.4 Å². The van der Waals surface area contributed by atoms with E-state index in [2.05, 4.69) is 0 Å². The molecule has 0 bridgehead atoms. The first-order valence-electron chi connectivity index (χ1n) is 6.47. The van der Waals surface area contributed by atoms with Crippen LogP contribution in [0.3, 0.4) is 0 Å². The van der Waals surface area contributed by atoms with Crippen molar-refractivity contribution < 1.29 is 14.7 Å². The highest BCUT2D eigenvalue weighted by Crippen LogP contribution is 2.21. The summed E-state index contributed by atoms with van der Waals surface area (Å²) >= 11 is 0. The molecule has 1 aliphatic rings. The van der Waals surface area contributed by atoms with Gasteiger partial charge in [-0.25, -0.2) is 0 Å². The fourth-order valence-electron chi connectivity index (χ4n) is 2.23. The maximum Gasteiger partial charge on any atom is 0.303 e. The van der Waals surface area contributed by atoms with Gasteiger partial charge >= 0.3 is 5.97 Å². The zero-order chi connectivity index (χ0) is 13.4. The first-order valence-corrected chi connectivity index (χ1v) is 6.47. The fraction of sp³-hybridized carbons (Fsp3) is 0.571. The van der Waals surface area contributed by atoms with Crippen LogP contribution >= 0.6 is 0 Å². The Kier molecular flexibility index (Phi) is 6.19.